The summed E-state index contributed by atoms with van der Waals surface area (Å²) < 4.78 is 31.4. The van der Waals surface area contributed by atoms with Crippen molar-refractivity contribution in [3.8, 4) is 0 Å². The molecular weight excluding hydrogens is 477 g/mol. The van der Waals surface area contributed by atoms with Crippen LogP contribution in [-0.2, 0) is 38.0 Å². The Hall–Kier alpha value is -1.62. The molecule has 0 aliphatic carbocycles. The molecule has 0 spiro atoms. The van der Waals surface area contributed by atoms with Gasteiger partial charge in [0.15, 0.2) is 12.4 Å². The second-order valence-electron chi connectivity index (χ2n) is 6.81. The van der Waals surface area contributed by atoms with Gasteiger partial charge in [-0.25, -0.2) is 0 Å². The molecular formula is C19H20Cl3NO8. The average Bonchev–Trinajstić information content (AvgIpc) is 2.69. The van der Waals surface area contributed by atoms with Crippen molar-refractivity contribution >= 4 is 52.6 Å². The first-order chi connectivity index (χ1) is 14.6. The Labute approximate surface area is 193 Å². The highest BCUT2D eigenvalue weighted by molar-refractivity contribution is 6.76. The van der Waals surface area contributed by atoms with E-state index in [1.54, 1.807) is 0 Å². The van der Waals surface area contributed by atoms with Gasteiger partial charge in [-0.3, -0.25) is 15.0 Å². The molecule has 2 aliphatic rings. The molecule has 2 saturated heterocycles. The summed E-state index contributed by atoms with van der Waals surface area (Å²) in [5.74, 6) is -2.12. The monoisotopic (exact) mass is 495 g/mol. The number of nitrogens with one attached hydrogen (secondary N) is 1. The first kappa shape index (κ1) is 24.0. The van der Waals surface area contributed by atoms with E-state index < -0.39 is 58.6 Å². The number of carbonyl (C=O) groups excluding carboxylic acids is 2. The Kier molecular flexibility index (Phi) is 7.67. The zero-order valence-corrected chi connectivity index (χ0v) is 18.7. The molecule has 0 amide bonds. The number of benzene rings is 1. The minimum absolute atomic E-state index is 0.0374. The summed E-state index contributed by atoms with van der Waals surface area (Å²) in [6.45, 7) is 2.39. The van der Waals surface area contributed by atoms with Crippen LogP contribution in [0.4, 0.5) is 0 Å². The largest absolute Gasteiger partial charge is 0.455 e. The van der Waals surface area contributed by atoms with Crippen molar-refractivity contribution in [2.45, 2.75) is 54.6 Å². The third-order valence-corrected chi connectivity index (χ3v) is 4.97. The molecule has 0 aromatic heterocycles. The Bertz CT molecular complexity index is 818. The van der Waals surface area contributed by atoms with E-state index >= 15 is 0 Å². The third-order valence-electron chi connectivity index (χ3n) is 4.45. The van der Waals surface area contributed by atoms with Crippen molar-refractivity contribution in [1.29, 1.82) is 5.41 Å². The Balaban J connectivity index is 1.89. The topological polar surface area (TPSA) is 113 Å². The molecule has 170 valence electrons. The van der Waals surface area contributed by atoms with Gasteiger partial charge in [0.1, 0.15) is 12.2 Å². The molecule has 0 radical (unpaired) electrons. The fraction of sp³-hybridized carbons (Fsp3) is 0.526. The van der Waals surface area contributed by atoms with Crippen LogP contribution in [0.2, 0.25) is 0 Å². The van der Waals surface area contributed by atoms with E-state index in [4.69, 9.17) is 68.6 Å². The summed E-state index contributed by atoms with van der Waals surface area (Å²) in [6, 6.07) is 9.12. The molecule has 2 heterocycles. The third kappa shape index (κ3) is 6.00. The molecule has 1 aromatic rings. The van der Waals surface area contributed by atoms with Gasteiger partial charge in [0, 0.05) is 19.4 Å². The van der Waals surface area contributed by atoms with Crippen LogP contribution in [0.25, 0.3) is 0 Å². The number of hydrogen-bond donors (Lipinski definition) is 1. The van der Waals surface area contributed by atoms with Gasteiger partial charge >= 0.3 is 11.9 Å². The van der Waals surface area contributed by atoms with Gasteiger partial charge in [0.05, 0.1) is 6.61 Å². The van der Waals surface area contributed by atoms with Crippen molar-refractivity contribution in [1.82, 2.24) is 0 Å². The number of ether oxygens (including phenoxy) is 6. The van der Waals surface area contributed by atoms with Gasteiger partial charge in [-0.05, 0) is 0 Å². The lowest BCUT2D eigenvalue weighted by atomic mass is 9.97. The van der Waals surface area contributed by atoms with Crippen LogP contribution >= 0.6 is 34.8 Å². The molecule has 1 aromatic carbocycles. The van der Waals surface area contributed by atoms with Gasteiger partial charge in [-0.1, -0.05) is 65.1 Å². The number of hydrogen-bond acceptors (Lipinski definition) is 9. The lowest BCUT2D eigenvalue weighted by Crippen LogP contribution is -2.64. The van der Waals surface area contributed by atoms with E-state index in [2.05, 4.69) is 0 Å². The molecule has 12 heteroatoms. The lowest BCUT2D eigenvalue weighted by molar-refractivity contribution is -0.353. The highest BCUT2D eigenvalue weighted by Gasteiger charge is 2.55. The zero-order chi connectivity index (χ0) is 22.8. The molecule has 0 saturated carbocycles. The van der Waals surface area contributed by atoms with E-state index in [0.29, 0.717) is 0 Å². The van der Waals surface area contributed by atoms with Crippen LogP contribution in [0.1, 0.15) is 25.7 Å². The van der Waals surface area contributed by atoms with Crippen LogP contribution in [-0.4, -0.2) is 58.9 Å². The molecule has 9 nitrogen and oxygen atoms in total. The standard InChI is InChI=1S/C19H20Cl3NO8/c1-9(24)27-14-13-12(8-26-16(30-13)11-6-4-3-5-7-11)29-17(15(14)28-10(2)25)31-18(23)19(20,21)22/h3-7,12-17,23H,8H2,1-2H3/t12-,13+,14+,15-,16?,17-/m1/s1. The number of fused-ring (bicyclic) bond motifs is 1. The van der Waals surface area contributed by atoms with Crippen LogP contribution in [0, 0.1) is 5.41 Å². The predicted octanol–water partition coefficient (Wildman–Crippen LogP) is 3.05. The molecule has 0 bridgehead atoms. The van der Waals surface area contributed by atoms with Crippen LogP contribution in [0.3, 0.4) is 0 Å². The maximum Gasteiger partial charge on any atom is 0.303 e. The molecule has 31 heavy (non-hydrogen) atoms. The number of esters is 2. The van der Waals surface area contributed by atoms with Gasteiger partial charge in [0.2, 0.25) is 18.3 Å². The molecule has 1 N–H and O–H groups in total. The van der Waals surface area contributed by atoms with Crippen LogP contribution in [0.15, 0.2) is 30.3 Å². The number of alkyl halides is 3. The minimum Gasteiger partial charge on any atom is -0.455 e. The summed E-state index contributed by atoms with van der Waals surface area (Å²) in [6.07, 6.45) is -6.27. The first-order valence-corrected chi connectivity index (χ1v) is 10.3. The maximum atomic E-state index is 11.8. The van der Waals surface area contributed by atoms with E-state index in [-0.39, 0.29) is 6.61 Å². The Morgan fingerprint density at radius 2 is 1.61 bits per heavy atom. The highest BCUT2D eigenvalue weighted by atomic mass is 35.6. The molecule has 6 atom stereocenters. The van der Waals surface area contributed by atoms with Crippen LogP contribution in [0.5, 0.6) is 0 Å². The van der Waals surface area contributed by atoms with E-state index in [0.717, 1.165) is 12.5 Å². The molecule has 3 rings (SSSR count). The van der Waals surface area contributed by atoms with Crippen molar-refractivity contribution in [3.63, 3.8) is 0 Å². The van der Waals surface area contributed by atoms with Crippen LogP contribution < -0.4 is 0 Å². The summed E-state index contributed by atoms with van der Waals surface area (Å²) in [5, 5.41) is 7.82. The van der Waals surface area contributed by atoms with E-state index in [9.17, 15) is 9.59 Å². The molecule has 2 fully saturated rings. The van der Waals surface area contributed by atoms with Gasteiger partial charge in [-0.2, -0.15) is 0 Å². The fourth-order valence-electron chi connectivity index (χ4n) is 3.25. The molecule has 1 unspecified atom stereocenters. The summed E-state index contributed by atoms with van der Waals surface area (Å²) >= 11 is 17.1. The highest BCUT2D eigenvalue weighted by Crippen LogP contribution is 2.38. The lowest BCUT2D eigenvalue weighted by Gasteiger charge is -2.47. The number of halogens is 3. The first-order valence-electron chi connectivity index (χ1n) is 9.20. The summed E-state index contributed by atoms with van der Waals surface area (Å²) in [7, 11) is 0. The quantitative estimate of drug-likeness (QED) is 0.293. The Morgan fingerprint density at radius 1 is 1.00 bits per heavy atom. The predicted molar refractivity (Wildman–Crippen MR) is 109 cm³/mol. The van der Waals surface area contributed by atoms with Crippen molar-refractivity contribution in [2.24, 2.45) is 0 Å². The molecule has 2 aliphatic heterocycles. The zero-order valence-electron chi connectivity index (χ0n) is 16.5. The maximum absolute atomic E-state index is 11.8. The van der Waals surface area contributed by atoms with Gasteiger partial charge in [-0.15, -0.1) is 0 Å². The summed E-state index contributed by atoms with van der Waals surface area (Å²) in [5.41, 5.74) is 0.739. The minimum atomic E-state index is -2.18. The summed E-state index contributed by atoms with van der Waals surface area (Å²) in [4.78, 5) is 23.6. The van der Waals surface area contributed by atoms with Crippen molar-refractivity contribution < 1.29 is 38.0 Å². The van der Waals surface area contributed by atoms with Crippen molar-refractivity contribution in [2.75, 3.05) is 6.61 Å². The smallest absolute Gasteiger partial charge is 0.303 e. The second kappa shape index (κ2) is 9.89. The Morgan fingerprint density at radius 3 is 2.19 bits per heavy atom. The average molecular weight is 497 g/mol. The van der Waals surface area contributed by atoms with E-state index in [1.165, 1.54) is 6.92 Å². The number of carbonyl (C=O) groups is 2. The fourth-order valence-corrected chi connectivity index (χ4v) is 3.38. The van der Waals surface area contributed by atoms with E-state index in [1.807, 2.05) is 30.3 Å². The number of rotatable bonds is 4. The van der Waals surface area contributed by atoms with Crippen molar-refractivity contribution in [3.05, 3.63) is 35.9 Å². The second-order valence-corrected chi connectivity index (χ2v) is 9.09. The van der Waals surface area contributed by atoms with Gasteiger partial charge in [0.25, 0.3) is 3.79 Å². The van der Waals surface area contributed by atoms with Gasteiger partial charge < -0.3 is 28.4 Å². The normalized spacial score (nSPS) is 30.6. The SMILES string of the molecule is CC(=O)O[C@H]1[C@H]2OC(c3ccccc3)OC[C@H]2O[C@H](OC(=N)C(Cl)(Cl)Cl)[C@@H]1OC(C)=O.